The molecule has 5 aromatic rings. The van der Waals surface area contributed by atoms with Crippen LogP contribution in [-0.2, 0) is 27.7 Å². The Labute approximate surface area is 286 Å². The van der Waals surface area contributed by atoms with Gasteiger partial charge in [0.05, 0.1) is 22.9 Å². The molecular formula is C38H35Cl2N3O3S. The van der Waals surface area contributed by atoms with Gasteiger partial charge >= 0.3 is 0 Å². The number of carbonyl (C=O) groups excluding carboxylic acids is 1. The van der Waals surface area contributed by atoms with Crippen LogP contribution in [0.3, 0.4) is 0 Å². The first-order valence-corrected chi connectivity index (χ1v) is 18.4. The van der Waals surface area contributed by atoms with Crippen molar-refractivity contribution in [3.63, 3.8) is 0 Å². The van der Waals surface area contributed by atoms with Gasteiger partial charge in [0.25, 0.3) is 0 Å². The number of rotatable bonds is 9. The Hall–Kier alpha value is -3.91. The minimum absolute atomic E-state index is 0.141. The van der Waals surface area contributed by atoms with Crippen LogP contribution in [0.2, 0.25) is 10.0 Å². The van der Waals surface area contributed by atoms with Gasteiger partial charge < -0.3 is 4.57 Å². The van der Waals surface area contributed by atoms with Crippen molar-refractivity contribution in [1.82, 2.24) is 9.55 Å². The summed E-state index contributed by atoms with van der Waals surface area (Å²) in [6, 6.07) is 30.0. The number of nitrogens with zero attached hydrogens (tertiary/aromatic N) is 3. The van der Waals surface area contributed by atoms with Gasteiger partial charge in [-0.25, -0.2) is 13.4 Å². The molecule has 47 heavy (non-hydrogen) atoms. The second-order valence-electron chi connectivity index (χ2n) is 12.6. The summed E-state index contributed by atoms with van der Waals surface area (Å²) in [6.45, 7) is -0.141. The highest BCUT2D eigenvalue weighted by atomic mass is 35.5. The number of hydrogen-bond acceptors (Lipinski definition) is 4. The number of aromatic nitrogens is 2. The molecule has 7 rings (SSSR count). The first-order chi connectivity index (χ1) is 22.7. The summed E-state index contributed by atoms with van der Waals surface area (Å²) in [5.41, 5.74) is 7.59. The quantitative estimate of drug-likeness (QED) is 0.156. The lowest BCUT2D eigenvalue weighted by molar-refractivity contribution is -0.114. The molecule has 1 aliphatic heterocycles. The molecule has 9 heteroatoms. The predicted molar refractivity (Wildman–Crippen MR) is 190 cm³/mol. The van der Waals surface area contributed by atoms with Gasteiger partial charge in [-0.1, -0.05) is 97.4 Å². The van der Waals surface area contributed by atoms with E-state index in [-0.39, 0.29) is 12.3 Å². The minimum atomic E-state index is -3.65. The molecule has 2 fully saturated rings. The smallest absolute Gasteiger partial charge is 0.242 e. The third-order valence-electron chi connectivity index (χ3n) is 9.32. The zero-order valence-corrected chi connectivity index (χ0v) is 28.2. The van der Waals surface area contributed by atoms with E-state index in [9.17, 15) is 13.2 Å². The molecule has 0 unspecified atom stereocenters. The fourth-order valence-corrected chi connectivity index (χ4v) is 8.68. The summed E-state index contributed by atoms with van der Waals surface area (Å²) in [5, 5.41) is 1.05. The molecule has 4 aromatic carbocycles. The lowest BCUT2D eigenvalue weighted by Crippen LogP contribution is -2.25. The van der Waals surface area contributed by atoms with Gasteiger partial charge in [0.15, 0.2) is 5.78 Å². The molecular weight excluding hydrogens is 649 g/mol. The molecule has 1 aliphatic carbocycles. The van der Waals surface area contributed by atoms with E-state index in [1.54, 1.807) is 24.3 Å². The van der Waals surface area contributed by atoms with Crippen molar-refractivity contribution in [3.05, 3.63) is 124 Å². The molecule has 0 spiro atoms. The number of aryl methyl sites for hydroxylation is 1. The third-order valence-corrected chi connectivity index (χ3v) is 11.6. The number of ketones is 1. The van der Waals surface area contributed by atoms with Crippen molar-refractivity contribution in [1.29, 1.82) is 0 Å². The van der Waals surface area contributed by atoms with Gasteiger partial charge in [-0.3, -0.25) is 9.10 Å². The van der Waals surface area contributed by atoms with Crippen LogP contribution in [0, 0.1) is 5.92 Å². The van der Waals surface area contributed by atoms with Gasteiger partial charge in [-0.2, -0.15) is 0 Å². The predicted octanol–water partition coefficient (Wildman–Crippen LogP) is 8.95. The number of benzene rings is 4. The Kier molecular flexibility index (Phi) is 8.97. The number of hydrogen-bond donors (Lipinski definition) is 0. The number of carbonyl (C=O) groups is 1. The average molecular weight is 685 g/mol. The second kappa shape index (κ2) is 13.3. The van der Waals surface area contributed by atoms with Crippen LogP contribution in [0.1, 0.15) is 49.1 Å². The van der Waals surface area contributed by atoms with Crippen LogP contribution in [0.25, 0.3) is 28.1 Å². The number of Topliss-reactive ketones (excluding diaryl/α,β-unsaturated/α-hetero) is 1. The lowest BCUT2D eigenvalue weighted by Gasteiger charge is -2.16. The molecule has 0 bridgehead atoms. The van der Waals surface area contributed by atoms with Gasteiger partial charge in [0.1, 0.15) is 11.6 Å². The topological polar surface area (TPSA) is 72.3 Å². The fraction of sp³-hybridized carbons (Fsp3) is 0.263. The summed E-state index contributed by atoms with van der Waals surface area (Å²) < 4.78 is 28.1. The van der Waals surface area contributed by atoms with Crippen LogP contribution < -0.4 is 4.31 Å². The van der Waals surface area contributed by atoms with Crippen molar-refractivity contribution in [2.24, 2.45) is 5.92 Å². The summed E-state index contributed by atoms with van der Waals surface area (Å²) in [6.07, 6.45) is 10.5. The van der Waals surface area contributed by atoms with E-state index in [0.717, 1.165) is 35.0 Å². The molecule has 240 valence electrons. The van der Waals surface area contributed by atoms with Crippen molar-refractivity contribution in [2.45, 2.75) is 44.9 Å². The van der Waals surface area contributed by atoms with E-state index in [2.05, 4.69) is 48.5 Å². The molecule has 2 heterocycles. The first-order valence-electron chi connectivity index (χ1n) is 16.1. The zero-order chi connectivity index (χ0) is 32.5. The molecule has 0 atom stereocenters. The van der Waals surface area contributed by atoms with Crippen molar-refractivity contribution in [2.75, 3.05) is 16.6 Å². The highest BCUT2D eigenvalue weighted by Gasteiger charge is 2.34. The monoisotopic (exact) mass is 683 g/mol. The van der Waals surface area contributed by atoms with Crippen LogP contribution in [0.5, 0.6) is 0 Å². The zero-order valence-electron chi connectivity index (χ0n) is 25.9. The molecule has 0 radical (unpaired) electrons. The van der Waals surface area contributed by atoms with Crippen molar-refractivity contribution >= 4 is 44.7 Å². The summed E-state index contributed by atoms with van der Waals surface area (Å²) >= 11 is 12.7. The van der Waals surface area contributed by atoms with Crippen LogP contribution in [0.15, 0.2) is 97.2 Å². The third kappa shape index (κ3) is 7.03. The molecule has 1 saturated carbocycles. The molecule has 0 N–H and O–H groups in total. The molecule has 6 nitrogen and oxygen atoms in total. The first kappa shape index (κ1) is 31.7. The van der Waals surface area contributed by atoms with E-state index in [1.165, 1.54) is 53.1 Å². The lowest BCUT2D eigenvalue weighted by atomic mass is 9.96. The molecule has 1 saturated heterocycles. The fourth-order valence-electron chi connectivity index (χ4n) is 6.74. The average Bonchev–Trinajstić information content (AvgIpc) is 3.80. The highest BCUT2D eigenvalue weighted by Crippen LogP contribution is 2.33. The molecule has 0 amide bonds. The standard InChI is InChI=1S/C38H35Cl2N3O3S/c39-31-15-20-35(36(40)22-31)37-24-42(32-16-18-33(19-17-32)43-23-34(44)25-47(43,45)46)38(41-37)21-28-9-13-30(14-10-28)29-11-7-27(8-12-29)6-5-26-3-1-2-4-26/h7-20,22,24,26H,1-6,21,23,25H2. The van der Waals surface area contributed by atoms with Gasteiger partial charge in [0.2, 0.25) is 10.0 Å². The highest BCUT2D eigenvalue weighted by molar-refractivity contribution is 7.94. The van der Waals surface area contributed by atoms with E-state index in [1.807, 2.05) is 29.0 Å². The Bertz CT molecular complexity index is 2020. The normalized spacial score (nSPS) is 16.3. The van der Waals surface area contributed by atoms with Gasteiger partial charge in [-0.05, 0) is 83.5 Å². The Morgan fingerprint density at radius 2 is 1.43 bits per heavy atom. The van der Waals surface area contributed by atoms with Crippen molar-refractivity contribution < 1.29 is 13.2 Å². The Morgan fingerprint density at radius 3 is 2.04 bits per heavy atom. The van der Waals surface area contributed by atoms with Crippen molar-refractivity contribution in [3.8, 4) is 28.1 Å². The maximum absolute atomic E-state index is 12.5. The Morgan fingerprint density at radius 1 is 0.787 bits per heavy atom. The number of imidazole rings is 1. The maximum atomic E-state index is 12.5. The van der Waals surface area contributed by atoms with E-state index in [0.29, 0.717) is 27.8 Å². The van der Waals surface area contributed by atoms with Crippen LogP contribution in [0.4, 0.5) is 5.69 Å². The maximum Gasteiger partial charge on any atom is 0.242 e. The summed E-state index contributed by atoms with van der Waals surface area (Å²) in [5.74, 6) is 0.920. The summed E-state index contributed by atoms with van der Waals surface area (Å²) in [7, 11) is -3.65. The Balaban J connectivity index is 1.13. The van der Waals surface area contributed by atoms with E-state index >= 15 is 0 Å². The largest absolute Gasteiger partial charge is 0.303 e. The van der Waals surface area contributed by atoms with E-state index in [4.69, 9.17) is 28.2 Å². The van der Waals surface area contributed by atoms with E-state index < -0.39 is 15.8 Å². The second-order valence-corrected chi connectivity index (χ2v) is 15.4. The molecule has 1 aromatic heterocycles. The van der Waals surface area contributed by atoms with Gasteiger partial charge in [-0.15, -0.1) is 0 Å². The SMILES string of the molecule is O=C1CN(c2ccc(-n3cc(-c4ccc(Cl)cc4Cl)nc3Cc3ccc(-c4ccc(CCC5CCCC5)cc4)cc3)cc2)S(=O)(=O)C1. The number of anilines is 1. The van der Waals surface area contributed by atoms with Crippen LogP contribution >= 0.6 is 23.2 Å². The van der Waals surface area contributed by atoms with Crippen LogP contribution in [-0.4, -0.2) is 36.0 Å². The molecule has 2 aliphatic rings. The summed E-state index contributed by atoms with van der Waals surface area (Å²) in [4.78, 5) is 16.9. The minimum Gasteiger partial charge on any atom is -0.303 e. The number of halogens is 2. The number of sulfonamides is 1. The van der Waals surface area contributed by atoms with Gasteiger partial charge in [0, 0.05) is 28.9 Å².